The Bertz CT molecular complexity index is 544. The molecule has 0 atom stereocenters. The first-order valence-corrected chi connectivity index (χ1v) is 6.42. The smallest absolute Gasteiger partial charge is 0.200 e. The molecule has 0 aliphatic carbocycles. The van der Waals surface area contributed by atoms with E-state index in [1.807, 2.05) is 12.3 Å². The van der Waals surface area contributed by atoms with Crippen LogP contribution in [0.25, 0.3) is 0 Å². The molecule has 0 saturated heterocycles. The molecule has 0 radical (unpaired) electrons. The maximum Gasteiger partial charge on any atom is 0.200 e. The van der Waals surface area contributed by atoms with Crippen LogP contribution in [0.4, 0.5) is 8.78 Å². The maximum atomic E-state index is 13.4. The summed E-state index contributed by atoms with van der Waals surface area (Å²) >= 11 is 4.50. The Morgan fingerprint density at radius 1 is 1.41 bits per heavy atom. The van der Waals surface area contributed by atoms with Crippen molar-refractivity contribution in [3.8, 4) is 5.75 Å². The second-order valence-electron chi connectivity index (χ2n) is 3.37. The highest BCUT2D eigenvalue weighted by molar-refractivity contribution is 9.10. The van der Waals surface area contributed by atoms with Crippen LogP contribution < -0.4 is 4.74 Å². The number of halogens is 3. The highest BCUT2D eigenvalue weighted by Crippen LogP contribution is 2.26. The number of aryl methyl sites for hydroxylation is 1. The van der Waals surface area contributed by atoms with Crippen LogP contribution in [-0.4, -0.2) is 4.98 Å². The van der Waals surface area contributed by atoms with E-state index in [9.17, 15) is 8.78 Å². The average Bonchev–Trinajstić information content (AvgIpc) is 2.67. The lowest BCUT2D eigenvalue weighted by molar-refractivity contribution is 0.283. The Hall–Kier alpha value is -1.01. The number of thiazole rings is 1. The third kappa shape index (κ3) is 3.01. The molecule has 0 N–H and O–H groups in total. The lowest BCUT2D eigenvalue weighted by atomic mass is 10.3. The summed E-state index contributed by atoms with van der Waals surface area (Å²) in [7, 11) is 0. The van der Waals surface area contributed by atoms with Crippen molar-refractivity contribution in [2.75, 3.05) is 0 Å². The summed E-state index contributed by atoms with van der Waals surface area (Å²) in [5, 5.41) is 2.60. The third-order valence-corrected chi connectivity index (χ3v) is 3.38. The van der Waals surface area contributed by atoms with Gasteiger partial charge in [0.15, 0.2) is 11.6 Å². The van der Waals surface area contributed by atoms with Gasteiger partial charge in [-0.25, -0.2) is 9.37 Å². The van der Waals surface area contributed by atoms with E-state index in [1.54, 1.807) is 0 Å². The SMILES string of the molecule is Cc1csc(COc2cc(Br)cc(F)c2F)n1. The topological polar surface area (TPSA) is 22.1 Å². The maximum absolute atomic E-state index is 13.4. The van der Waals surface area contributed by atoms with Crippen molar-refractivity contribution in [1.82, 2.24) is 4.98 Å². The minimum Gasteiger partial charge on any atom is -0.483 e. The van der Waals surface area contributed by atoms with Crippen LogP contribution in [0.2, 0.25) is 0 Å². The van der Waals surface area contributed by atoms with Gasteiger partial charge in [-0.3, -0.25) is 0 Å². The zero-order chi connectivity index (χ0) is 12.4. The van der Waals surface area contributed by atoms with Crippen LogP contribution in [0.1, 0.15) is 10.7 Å². The predicted molar refractivity (Wildman–Crippen MR) is 65.2 cm³/mol. The molecule has 1 aromatic carbocycles. The largest absolute Gasteiger partial charge is 0.483 e. The van der Waals surface area contributed by atoms with Crippen molar-refractivity contribution in [1.29, 1.82) is 0 Å². The highest BCUT2D eigenvalue weighted by atomic mass is 79.9. The van der Waals surface area contributed by atoms with Crippen LogP contribution in [0.5, 0.6) is 5.75 Å². The van der Waals surface area contributed by atoms with Crippen molar-refractivity contribution in [3.63, 3.8) is 0 Å². The van der Waals surface area contributed by atoms with Gasteiger partial charge in [0.2, 0.25) is 5.82 Å². The summed E-state index contributed by atoms with van der Waals surface area (Å²) in [6, 6.07) is 2.44. The number of aromatic nitrogens is 1. The number of rotatable bonds is 3. The summed E-state index contributed by atoms with van der Waals surface area (Å²) < 4.78 is 32.1. The van der Waals surface area contributed by atoms with E-state index in [-0.39, 0.29) is 12.4 Å². The minimum absolute atomic E-state index is 0.121. The summed E-state index contributed by atoms with van der Waals surface area (Å²) in [5.41, 5.74) is 0.884. The monoisotopic (exact) mass is 319 g/mol. The molecule has 1 aromatic heterocycles. The Labute approximate surface area is 109 Å². The first-order chi connectivity index (χ1) is 8.06. The minimum atomic E-state index is -0.985. The number of nitrogens with zero attached hydrogens (tertiary/aromatic N) is 1. The molecule has 0 aliphatic heterocycles. The van der Waals surface area contributed by atoms with E-state index in [0.717, 1.165) is 16.8 Å². The predicted octanol–water partition coefficient (Wildman–Crippen LogP) is 4.07. The van der Waals surface area contributed by atoms with Crippen molar-refractivity contribution < 1.29 is 13.5 Å². The summed E-state index contributed by atoms with van der Waals surface area (Å²) in [6.07, 6.45) is 0. The van der Waals surface area contributed by atoms with Gasteiger partial charge < -0.3 is 4.74 Å². The number of hydrogen-bond acceptors (Lipinski definition) is 3. The molecule has 0 fully saturated rings. The van der Waals surface area contributed by atoms with E-state index < -0.39 is 11.6 Å². The van der Waals surface area contributed by atoms with Gasteiger partial charge in [0.05, 0.1) is 0 Å². The Balaban J connectivity index is 2.14. The molecule has 17 heavy (non-hydrogen) atoms. The zero-order valence-corrected chi connectivity index (χ0v) is 11.2. The van der Waals surface area contributed by atoms with Gasteiger partial charge in [0.1, 0.15) is 11.6 Å². The molecule has 2 rings (SSSR count). The van der Waals surface area contributed by atoms with Crippen LogP contribution in [-0.2, 0) is 6.61 Å². The second kappa shape index (κ2) is 5.10. The van der Waals surface area contributed by atoms with Crippen LogP contribution in [0.15, 0.2) is 22.0 Å². The van der Waals surface area contributed by atoms with Gasteiger partial charge in [0, 0.05) is 15.5 Å². The van der Waals surface area contributed by atoms with Gasteiger partial charge in [-0.05, 0) is 19.1 Å². The van der Waals surface area contributed by atoms with Gasteiger partial charge >= 0.3 is 0 Å². The molecule has 0 saturated carbocycles. The van der Waals surface area contributed by atoms with Crippen molar-refractivity contribution in [2.24, 2.45) is 0 Å². The van der Waals surface area contributed by atoms with E-state index >= 15 is 0 Å². The third-order valence-electron chi connectivity index (χ3n) is 1.98. The van der Waals surface area contributed by atoms with Gasteiger partial charge in [-0.1, -0.05) is 15.9 Å². The molecule has 0 aliphatic rings. The molecule has 0 unspecified atom stereocenters. The van der Waals surface area contributed by atoms with Gasteiger partial charge in [0.25, 0.3) is 0 Å². The molecule has 0 amide bonds. The first-order valence-electron chi connectivity index (χ1n) is 4.74. The highest BCUT2D eigenvalue weighted by Gasteiger charge is 2.12. The summed E-state index contributed by atoms with van der Waals surface area (Å²) in [6.45, 7) is 1.99. The molecular weight excluding hydrogens is 312 g/mol. The van der Waals surface area contributed by atoms with Crippen molar-refractivity contribution >= 4 is 27.3 Å². The first kappa shape index (κ1) is 12.4. The molecule has 90 valence electrons. The fourth-order valence-corrected chi connectivity index (χ4v) is 2.34. The number of ether oxygens (including phenoxy) is 1. The van der Waals surface area contributed by atoms with Gasteiger partial charge in [-0.2, -0.15) is 4.39 Å². The standard InChI is InChI=1S/C11H8BrF2NOS/c1-6-5-17-10(15-6)4-16-9-3-7(12)2-8(13)11(9)14/h2-3,5H,4H2,1H3. The quantitative estimate of drug-likeness (QED) is 0.795. The molecule has 6 heteroatoms. The van der Waals surface area contributed by atoms with E-state index in [1.165, 1.54) is 17.4 Å². The molecule has 1 heterocycles. The fraction of sp³-hybridized carbons (Fsp3) is 0.182. The fourth-order valence-electron chi connectivity index (χ4n) is 1.25. The Morgan fingerprint density at radius 3 is 2.82 bits per heavy atom. The Kier molecular flexibility index (Phi) is 3.73. The average molecular weight is 320 g/mol. The molecule has 2 nitrogen and oxygen atoms in total. The summed E-state index contributed by atoms with van der Waals surface area (Å²) in [5.74, 6) is -2.05. The Morgan fingerprint density at radius 2 is 2.18 bits per heavy atom. The van der Waals surface area contributed by atoms with Crippen LogP contribution in [0.3, 0.4) is 0 Å². The molecule has 2 aromatic rings. The molecule has 0 spiro atoms. The van der Waals surface area contributed by atoms with Crippen LogP contribution in [0, 0.1) is 18.6 Å². The van der Waals surface area contributed by atoms with E-state index in [0.29, 0.717) is 4.47 Å². The lowest BCUT2D eigenvalue weighted by Crippen LogP contribution is -1.99. The van der Waals surface area contributed by atoms with E-state index in [4.69, 9.17) is 4.74 Å². The zero-order valence-electron chi connectivity index (χ0n) is 8.84. The van der Waals surface area contributed by atoms with Crippen LogP contribution >= 0.6 is 27.3 Å². The normalized spacial score (nSPS) is 10.6. The lowest BCUT2D eigenvalue weighted by Gasteiger charge is -2.06. The van der Waals surface area contributed by atoms with E-state index in [2.05, 4.69) is 20.9 Å². The second-order valence-corrected chi connectivity index (χ2v) is 5.23. The number of benzene rings is 1. The van der Waals surface area contributed by atoms with Crippen molar-refractivity contribution in [3.05, 3.63) is 44.3 Å². The molecule has 0 bridgehead atoms. The molecular formula is C11H8BrF2NOS. The van der Waals surface area contributed by atoms with Gasteiger partial charge in [-0.15, -0.1) is 11.3 Å². The number of hydrogen-bond donors (Lipinski definition) is 0. The van der Waals surface area contributed by atoms with Crippen molar-refractivity contribution in [2.45, 2.75) is 13.5 Å². The summed E-state index contributed by atoms with van der Waals surface area (Å²) in [4.78, 5) is 4.17.